The molecule has 9 heteroatoms. The third-order valence-electron chi connectivity index (χ3n) is 2.93. The second-order valence-electron chi connectivity index (χ2n) is 6.38. The first-order valence-corrected chi connectivity index (χ1v) is 9.45. The average molecular weight is 372 g/mol. The zero-order valence-corrected chi connectivity index (χ0v) is 15.8. The molecule has 140 valence electrons. The summed E-state index contributed by atoms with van der Waals surface area (Å²) >= 11 is 0. The van der Waals surface area contributed by atoms with Crippen molar-refractivity contribution in [1.82, 2.24) is 5.32 Å². The second-order valence-corrected chi connectivity index (χ2v) is 8.40. The summed E-state index contributed by atoms with van der Waals surface area (Å²) in [5.74, 6) is 0.354. The summed E-state index contributed by atoms with van der Waals surface area (Å²) in [6, 6.07) is 3.41. The molecular formula is C16H24N2O6S. The minimum absolute atomic E-state index is 0.129. The van der Waals surface area contributed by atoms with Crippen molar-refractivity contribution in [2.75, 3.05) is 25.2 Å². The lowest BCUT2D eigenvalue weighted by Gasteiger charge is -2.22. The van der Waals surface area contributed by atoms with Crippen LogP contribution in [0, 0.1) is 0 Å². The first-order valence-electron chi connectivity index (χ1n) is 7.55. The molecule has 0 bridgehead atoms. The highest BCUT2D eigenvalue weighted by molar-refractivity contribution is 7.90. The van der Waals surface area contributed by atoms with E-state index in [0.717, 1.165) is 6.26 Å². The van der Waals surface area contributed by atoms with E-state index in [9.17, 15) is 18.0 Å². The van der Waals surface area contributed by atoms with Crippen LogP contribution in [-0.2, 0) is 19.4 Å². The van der Waals surface area contributed by atoms with Gasteiger partial charge in [-0.3, -0.25) is 0 Å². The quantitative estimate of drug-likeness (QED) is 0.699. The molecule has 0 saturated heterocycles. The molecule has 0 fully saturated rings. The highest BCUT2D eigenvalue weighted by Crippen LogP contribution is 2.27. The fourth-order valence-corrected chi connectivity index (χ4v) is 2.46. The number of rotatable bonds is 7. The Labute approximate surface area is 147 Å². The van der Waals surface area contributed by atoms with E-state index < -0.39 is 27.6 Å². The molecule has 0 radical (unpaired) electrons. The van der Waals surface area contributed by atoms with Gasteiger partial charge >= 0.3 is 6.09 Å². The molecule has 25 heavy (non-hydrogen) atoms. The normalized spacial score (nSPS) is 12.8. The number of carbonyl (C=O) groups is 2. The zero-order valence-electron chi connectivity index (χ0n) is 15.0. The largest absolute Gasteiger partial charge is 0.489 e. The van der Waals surface area contributed by atoms with Gasteiger partial charge in [0.25, 0.3) is 0 Å². The fourth-order valence-electron chi connectivity index (χ4n) is 1.81. The van der Waals surface area contributed by atoms with Crippen LogP contribution >= 0.6 is 0 Å². The average Bonchev–Trinajstić information content (AvgIpc) is 2.48. The Hall–Kier alpha value is -2.29. The van der Waals surface area contributed by atoms with Gasteiger partial charge in [0.05, 0.1) is 10.6 Å². The number of carbonyl (C=O) groups excluding carboxylic acids is 2. The van der Waals surface area contributed by atoms with Crippen LogP contribution in [0.4, 0.5) is 10.5 Å². The van der Waals surface area contributed by atoms with Crippen molar-refractivity contribution in [1.29, 1.82) is 0 Å². The molecular weight excluding hydrogens is 348 g/mol. The van der Waals surface area contributed by atoms with Crippen molar-refractivity contribution in [3.05, 3.63) is 18.2 Å². The third kappa shape index (κ3) is 7.00. The number of amides is 1. The molecule has 1 rings (SSSR count). The lowest BCUT2D eigenvalue weighted by Crippen LogP contribution is -2.43. The SMILES string of the molecule is CNc1cc(S(C)(=O)=O)ccc1OC[C@@H](C=O)NC(=O)OC(C)(C)C. The van der Waals surface area contributed by atoms with E-state index in [-0.39, 0.29) is 11.5 Å². The van der Waals surface area contributed by atoms with Crippen LogP contribution in [0.25, 0.3) is 0 Å². The summed E-state index contributed by atoms with van der Waals surface area (Å²) in [5.41, 5.74) is -0.232. The van der Waals surface area contributed by atoms with Crippen molar-refractivity contribution in [2.24, 2.45) is 0 Å². The molecule has 1 atom stereocenters. The molecule has 0 aliphatic heterocycles. The molecule has 1 aromatic carbocycles. The highest BCUT2D eigenvalue weighted by atomic mass is 32.2. The van der Waals surface area contributed by atoms with Gasteiger partial charge < -0.3 is 24.9 Å². The van der Waals surface area contributed by atoms with Crippen molar-refractivity contribution in [3.8, 4) is 5.75 Å². The van der Waals surface area contributed by atoms with E-state index in [2.05, 4.69) is 10.6 Å². The minimum atomic E-state index is -3.35. The number of nitrogens with one attached hydrogen (secondary N) is 2. The van der Waals surface area contributed by atoms with E-state index in [1.807, 2.05) is 0 Å². The Kier molecular flexibility index (Phi) is 6.80. The molecule has 0 heterocycles. The Bertz CT molecular complexity index is 725. The summed E-state index contributed by atoms with van der Waals surface area (Å²) in [5, 5.41) is 5.23. The molecule has 0 aliphatic carbocycles. The molecule has 0 saturated carbocycles. The van der Waals surface area contributed by atoms with Gasteiger partial charge in [0.1, 0.15) is 30.3 Å². The topological polar surface area (TPSA) is 111 Å². The monoisotopic (exact) mass is 372 g/mol. The number of hydrogen-bond acceptors (Lipinski definition) is 7. The maximum atomic E-state index is 11.7. The van der Waals surface area contributed by atoms with Crippen LogP contribution in [0.2, 0.25) is 0 Å². The van der Waals surface area contributed by atoms with Crippen LogP contribution in [0.15, 0.2) is 23.1 Å². The molecule has 0 aliphatic rings. The van der Waals surface area contributed by atoms with Crippen molar-refractivity contribution < 1.29 is 27.5 Å². The maximum absolute atomic E-state index is 11.7. The van der Waals surface area contributed by atoms with Gasteiger partial charge in [0.2, 0.25) is 0 Å². The molecule has 1 aromatic rings. The van der Waals surface area contributed by atoms with Gasteiger partial charge in [-0.1, -0.05) is 0 Å². The van der Waals surface area contributed by atoms with Gasteiger partial charge in [-0.05, 0) is 39.0 Å². The summed E-state index contributed by atoms with van der Waals surface area (Å²) in [7, 11) is -1.73. The second kappa shape index (κ2) is 8.19. The zero-order chi connectivity index (χ0) is 19.3. The molecule has 0 spiro atoms. The van der Waals surface area contributed by atoms with Gasteiger partial charge in [-0.2, -0.15) is 0 Å². The molecule has 2 N–H and O–H groups in total. The van der Waals surface area contributed by atoms with Crippen LogP contribution in [0.5, 0.6) is 5.75 Å². The predicted molar refractivity (Wildman–Crippen MR) is 93.8 cm³/mol. The van der Waals surface area contributed by atoms with Crippen LogP contribution in [0.1, 0.15) is 20.8 Å². The Morgan fingerprint density at radius 3 is 2.44 bits per heavy atom. The number of sulfone groups is 1. The summed E-state index contributed by atoms with van der Waals surface area (Å²) in [6.07, 6.45) is 0.915. The van der Waals surface area contributed by atoms with Gasteiger partial charge in [-0.15, -0.1) is 0 Å². The first kappa shape index (κ1) is 20.8. The minimum Gasteiger partial charge on any atom is -0.489 e. The number of benzene rings is 1. The Morgan fingerprint density at radius 2 is 1.96 bits per heavy atom. The van der Waals surface area contributed by atoms with E-state index in [4.69, 9.17) is 9.47 Å². The highest BCUT2D eigenvalue weighted by Gasteiger charge is 2.20. The van der Waals surface area contributed by atoms with E-state index in [0.29, 0.717) is 17.7 Å². The fraction of sp³-hybridized carbons (Fsp3) is 0.500. The van der Waals surface area contributed by atoms with Crippen molar-refractivity contribution in [3.63, 3.8) is 0 Å². The van der Waals surface area contributed by atoms with Gasteiger partial charge in [0, 0.05) is 13.3 Å². The molecule has 1 amide bonds. The molecule has 0 unspecified atom stereocenters. The smallest absolute Gasteiger partial charge is 0.408 e. The van der Waals surface area contributed by atoms with Gasteiger partial charge in [0.15, 0.2) is 9.84 Å². The van der Waals surface area contributed by atoms with E-state index >= 15 is 0 Å². The van der Waals surface area contributed by atoms with Crippen molar-refractivity contribution in [2.45, 2.75) is 37.3 Å². The summed E-state index contributed by atoms with van der Waals surface area (Å²) < 4.78 is 33.8. The predicted octanol–water partition coefficient (Wildman–Crippen LogP) is 1.60. The Balaban J connectivity index is 2.78. The third-order valence-corrected chi connectivity index (χ3v) is 4.04. The number of aldehydes is 1. The summed E-state index contributed by atoms with van der Waals surface area (Å²) in [6.45, 7) is 5.00. The standard InChI is InChI=1S/C16H24N2O6S/c1-16(2,3)24-15(20)18-11(9-19)10-23-14-7-6-12(25(5,21)22)8-13(14)17-4/h6-9,11,17H,10H2,1-5H3,(H,18,20)/t11-/m1/s1. The number of ether oxygens (including phenoxy) is 2. The van der Waals surface area contributed by atoms with Crippen LogP contribution in [0.3, 0.4) is 0 Å². The Morgan fingerprint density at radius 1 is 1.32 bits per heavy atom. The van der Waals surface area contributed by atoms with Crippen molar-refractivity contribution >= 4 is 27.9 Å². The van der Waals surface area contributed by atoms with E-state index in [1.54, 1.807) is 27.8 Å². The number of hydrogen-bond donors (Lipinski definition) is 2. The number of anilines is 1. The molecule has 0 aromatic heterocycles. The van der Waals surface area contributed by atoms with Crippen LogP contribution in [-0.4, -0.2) is 52.4 Å². The lowest BCUT2D eigenvalue weighted by molar-refractivity contribution is -0.110. The molecule has 8 nitrogen and oxygen atoms in total. The maximum Gasteiger partial charge on any atom is 0.408 e. The van der Waals surface area contributed by atoms with Gasteiger partial charge in [-0.25, -0.2) is 13.2 Å². The lowest BCUT2D eigenvalue weighted by atomic mass is 10.2. The summed E-state index contributed by atoms with van der Waals surface area (Å²) in [4.78, 5) is 23.0. The van der Waals surface area contributed by atoms with Crippen LogP contribution < -0.4 is 15.4 Å². The van der Waals surface area contributed by atoms with E-state index in [1.165, 1.54) is 18.2 Å². The number of alkyl carbamates (subject to hydrolysis) is 1. The first-order chi connectivity index (χ1) is 11.5.